The van der Waals surface area contributed by atoms with E-state index in [0.29, 0.717) is 48.8 Å². The molecule has 0 aliphatic rings. The van der Waals surface area contributed by atoms with Crippen molar-refractivity contribution in [2.75, 3.05) is 7.11 Å². The molecular weight excluding hydrogens is 749 g/mol. The van der Waals surface area contributed by atoms with Gasteiger partial charge in [-0.05, 0) is 77.9 Å². The fourth-order valence-corrected chi connectivity index (χ4v) is 7.65. The van der Waals surface area contributed by atoms with Crippen molar-refractivity contribution in [1.82, 2.24) is 0 Å². The van der Waals surface area contributed by atoms with Crippen LogP contribution >= 0.6 is 0 Å². The van der Waals surface area contributed by atoms with E-state index in [-0.39, 0.29) is 36.0 Å². The lowest BCUT2D eigenvalue weighted by Crippen LogP contribution is -2.17. The van der Waals surface area contributed by atoms with E-state index < -0.39 is 0 Å². The first-order chi connectivity index (χ1) is 29.2. The van der Waals surface area contributed by atoms with Gasteiger partial charge in [-0.3, -0.25) is 14.4 Å². The molecular formula is C53H88O7. The van der Waals surface area contributed by atoms with Gasteiger partial charge >= 0.3 is 11.9 Å². The number of aldehydes is 1. The summed E-state index contributed by atoms with van der Waals surface area (Å²) in [7, 11) is 1.51. The van der Waals surface area contributed by atoms with Crippen molar-refractivity contribution < 1.29 is 33.7 Å². The third-order valence-corrected chi connectivity index (χ3v) is 11.3. The van der Waals surface area contributed by atoms with Crippen LogP contribution in [0.15, 0.2) is 41.5 Å². The Hall–Kier alpha value is -3.35. The predicted molar refractivity (Wildman–Crippen MR) is 251 cm³/mol. The second kappa shape index (κ2) is 37.4. The van der Waals surface area contributed by atoms with E-state index >= 15 is 0 Å². The number of esters is 2. The van der Waals surface area contributed by atoms with Gasteiger partial charge in [-0.25, -0.2) is 0 Å². The molecule has 1 atom stereocenters. The minimum absolute atomic E-state index is 0.0950. The van der Waals surface area contributed by atoms with Gasteiger partial charge < -0.3 is 19.3 Å². The van der Waals surface area contributed by atoms with E-state index in [1.807, 2.05) is 32.9 Å². The molecule has 0 aliphatic heterocycles. The van der Waals surface area contributed by atoms with E-state index in [4.69, 9.17) is 14.2 Å². The molecule has 0 aliphatic carbocycles. The number of hydrogen-bond acceptors (Lipinski definition) is 7. The van der Waals surface area contributed by atoms with Gasteiger partial charge in [0.15, 0.2) is 6.29 Å². The summed E-state index contributed by atoms with van der Waals surface area (Å²) in [5, 5.41) is 11.2. The van der Waals surface area contributed by atoms with Crippen molar-refractivity contribution in [2.24, 2.45) is 0 Å². The van der Waals surface area contributed by atoms with E-state index in [9.17, 15) is 19.5 Å². The minimum Gasteiger partial charge on any atom is -0.507 e. The Labute approximate surface area is 367 Å². The van der Waals surface area contributed by atoms with Crippen molar-refractivity contribution in [3.05, 3.63) is 58.2 Å². The molecule has 342 valence electrons. The summed E-state index contributed by atoms with van der Waals surface area (Å²) >= 11 is 0. The molecule has 0 saturated heterocycles. The number of ether oxygens (including phenoxy) is 3. The van der Waals surface area contributed by atoms with Crippen LogP contribution in [0.2, 0.25) is 0 Å². The molecule has 1 rings (SSSR count). The normalized spacial score (nSPS) is 12.1. The molecule has 7 nitrogen and oxygen atoms in total. The zero-order chi connectivity index (χ0) is 44.1. The first-order valence-corrected chi connectivity index (χ1v) is 24.3. The number of aromatic hydroxyl groups is 1. The van der Waals surface area contributed by atoms with Crippen LogP contribution in [-0.4, -0.2) is 36.5 Å². The molecule has 0 amide bonds. The second-order valence-corrected chi connectivity index (χ2v) is 17.3. The third kappa shape index (κ3) is 28.2. The number of benzene rings is 1. The van der Waals surface area contributed by atoms with Crippen LogP contribution in [0.5, 0.6) is 11.5 Å². The monoisotopic (exact) mass is 837 g/mol. The highest BCUT2D eigenvalue weighted by Crippen LogP contribution is 2.35. The number of rotatable bonds is 39. The fourth-order valence-electron chi connectivity index (χ4n) is 7.65. The summed E-state index contributed by atoms with van der Waals surface area (Å²) in [4.78, 5) is 37.5. The number of allylic oxidation sites excluding steroid dienone is 4. The van der Waals surface area contributed by atoms with E-state index in [1.54, 1.807) is 6.07 Å². The average molecular weight is 837 g/mol. The number of unbranched alkanes of at least 4 members (excludes halogenated alkanes) is 23. The van der Waals surface area contributed by atoms with Gasteiger partial charge in [-0.1, -0.05) is 172 Å². The third-order valence-electron chi connectivity index (χ3n) is 11.3. The highest BCUT2D eigenvalue weighted by atomic mass is 16.5. The molecule has 0 heterocycles. The van der Waals surface area contributed by atoms with Crippen LogP contribution < -0.4 is 4.74 Å². The zero-order valence-corrected chi connectivity index (χ0v) is 39.4. The quantitative estimate of drug-likeness (QED) is 0.0305. The van der Waals surface area contributed by atoms with Crippen LogP contribution in [-0.2, 0) is 32.1 Å². The molecule has 0 radical (unpaired) electrons. The Bertz CT molecular complexity index is 1370. The summed E-state index contributed by atoms with van der Waals surface area (Å²) in [6.07, 6.45) is 42.3. The van der Waals surface area contributed by atoms with Gasteiger partial charge in [0, 0.05) is 30.4 Å². The lowest BCUT2D eigenvalue weighted by atomic mass is 9.98. The highest BCUT2D eigenvalue weighted by molar-refractivity contribution is 5.84. The molecule has 60 heavy (non-hydrogen) atoms. The molecule has 1 aromatic carbocycles. The number of phenolic OH excluding ortho intramolecular Hbond substituents is 1. The van der Waals surface area contributed by atoms with Gasteiger partial charge in [0.1, 0.15) is 24.2 Å². The second-order valence-electron chi connectivity index (χ2n) is 17.3. The summed E-state index contributed by atoms with van der Waals surface area (Å²) in [6.45, 7) is 10.4. The van der Waals surface area contributed by atoms with Gasteiger partial charge in [-0.2, -0.15) is 0 Å². The standard InChI is InChI=1S/C53H88O7/c1-7-9-11-13-15-17-19-21-22-24-26-28-30-32-34-36-52(56)60-47(39-44(3)4)40-45(5)37-38-48-50(58-6)41-46(49(42-54)53(48)57)43-59-51(55)35-33-31-29-27-25-23-20-18-16-14-12-10-8-2/h21-22,37,39,41-42,47,57H,7-20,23-36,38,40,43H2,1-6H3/b22-21+,45-37+. The van der Waals surface area contributed by atoms with Crippen LogP contribution in [0.1, 0.15) is 242 Å². The lowest BCUT2D eigenvalue weighted by Gasteiger charge is -2.17. The Morgan fingerprint density at radius 1 is 0.667 bits per heavy atom. The maximum atomic E-state index is 12.8. The van der Waals surface area contributed by atoms with Gasteiger partial charge in [0.25, 0.3) is 0 Å². The Kier molecular flexibility index (Phi) is 34.1. The van der Waals surface area contributed by atoms with Gasteiger partial charge in [0.2, 0.25) is 0 Å². The molecule has 7 heteroatoms. The average Bonchev–Trinajstić information content (AvgIpc) is 3.22. The number of hydrogen-bond donors (Lipinski definition) is 1. The first kappa shape index (κ1) is 54.7. The zero-order valence-electron chi connectivity index (χ0n) is 39.4. The lowest BCUT2D eigenvalue weighted by molar-refractivity contribution is -0.147. The summed E-state index contributed by atoms with van der Waals surface area (Å²) in [5.74, 6) is -0.256. The number of methoxy groups -OCH3 is 1. The minimum atomic E-state index is -0.389. The number of carbonyl (C=O) groups excluding carboxylic acids is 3. The van der Waals surface area contributed by atoms with Crippen molar-refractivity contribution >= 4 is 18.2 Å². The van der Waals surface area contributed by atoms with E-state index in [1.165, 1.54) is 129 Å². The van der Waals surface area contributed by atoms with Crippen molar-refractivity contribution in [2.45, 2.75) is 240 Å². The van der Waals surface area contributed by atoms with Crippen molar-refractivity contribution in [1.29, 1.82) is 0 Å². The van der Waals surface area contributed by atoms with Crippen LogP contribution in [0, 0.1) is 0 Å². The molecule has 0 saturated carbocycles. The Balaban J connectivity index is 2.50. The molecule has 0 spiro atoms. The predicted octanol–water partition coefficient (Wildman–Crippen LogP) is 15.5. The molecule has 0 fully saturated rings. The van der Waals surface area contributed by atoms with E-state index in [2.05, 4.69) is 26.0 Å². The molecule has 1 N–H and O–H groups in total. The van der Waals surface area contributed by atoms with E-state index in [0.717, 1.165) is 56.1 Å². The van der Waals surface area contributed by atoms with Gasteiger partial charge in [0.05, 0.1) is 12.7 Å². The number of carbonyl (C=O) groups is 3. The Morgan fingerprint density at radius 2 is 1.13 bits per heavy atom. The molecule has 1 unspecified atom stereocenters. The van der Waals surface area contributed by atoms with Crippen LogP contribution in [0.25, 0.3) is 0 Å². The molecule has 0 bridgehead atoms. The summed E-state index contributed by atoms with van der Waals surface area (Å²) in [5.41, 5.74) is 3.02. The largest absolute Gasteiger partial charge is 0.507 e. The number of phenols is 1. The smallest absolute Gasteiger partial charge is 0.306 e. The van der Waals surface area contributed by atoms with Crippen molar-refractivity contribution in [3.63, 3.8) is 0 Å². The molecule has 0 aromatic heterocycles. The highest BCUT2D eigenvalue weighted by Gasteiger charge is 2.19. The maximum Gasteiger partial charge on any atom is 0.306 e. The van der Waals surface area contributed by atoms with Crippen LogP contribution in [0.3, 0.4) is 0 Å². The SMILES string of the molecule is CCCCCCCC/C=C/CCCCCCCC(=O)OC(C=C(C)C)C/C(C)=C/Cc1c(OC)cc(COC(=O)CCCCCCCCCCCCCCC)c(C=O)c1O. The topological polar surface area (TPSA) is 99.1 Å². The van der Waals surface area contributed by atoms with Gasteiger partial charge in [-0.15, -0.1) is 0 Å². The maximum absolute atomic E-state index is 12.8. The van der Waals surface area contributed by atoms with Crippen molar-refractivity contribution in [3.8, 4) is 11.5 Å². The first-order valence-electron chi connectivity index (χ1n) is 24.3. The molecule has 1 aromatic rings. The fraction of sp³-hybridized carbons (Fsp3) is 0.717. The van der Waals surface area contributed by atoms with Crippen LogP contribution in [0.4, 0.5) is 0 Å². The summed E-state index contributed by atoms with van der Waals surface area (Å²) in [6, 6.07) is 1.67. The Morgan fingerprint density at radius 3 is 1.60 bits per heavy atom. The summed E-state index contributed by atoms with van der Waals surface area (Å²) < 4.78 is 17.1.